The topological polar surface area (TPSA) is 64.3 Å². The van der Waals surface area contributed by atoms with Gasteiger partial charge < -0.3 is 15.8 Å². The maximum Gasteiger partial charge on any atom is 0.237 e. The first-order chi connectivity index (χ1) is 9.89. The van der Waals surface area contributed by atoms with Crippen LogP contribution in [-0.2, 0) is 11.2 Å². The molecule has 21 heavy (non-hydrogen) atoms. The van der Waals surface area contributed by atoms with E-state index in [1.54, 1.807) is 0 Å². The predicted octanol–water partition coefficient (Wildman–Crippen LogP) is 2.65. The van der Waals surface area contributed by atoms with Crippen molar-refractivity contribution >= 4 is 5.91 Å². The lowest BCUT2D eigenvalue weighted by Gasteiger charge is -2.29. The van der Waals surface area contributed by atoms with Crippen molar-refractivity contribution < 1.29 is 9.53 Å². The smallest absolute Gasteiger partial charge is 0.237 e. The molecule has 0 aliphatic carbocycles. The Kier molecular flexibility index (Phi) is 6.69. The van der Waals surface area contributed by atoms with Crippen LogP contribution in [0.3, 0.4) is 0 Å². The maximum atomic E-state index is 11.6. The summed E-state index contributed by atoms with van der Waals surface area (Å²) >= 11 is 0. The average Bonchev–Trinajstić information content (AvgIpc) is 2.43. The monoisotopic (exact) mass is 292 g/mol. The van der Waals surface area contributed by atoms with E-state index in [1.807, 2.05) is 39.0 Å². The Morgan fingerprint density at radius 1 is 1.38 bits per heavy atom. The highest BCUT2D eigenvalue weighted by atomic mass is 16.5. The Morgan fingerprint density at radius 2 is 2.05 bits per heavy atom. The van der Waals surface area contributed by atoms with Crippen molar-refractivity contribution in [2.45, 2.75) is 58.5 Å². The van der Waals surface area contributed by atoms with Crippen molar-refractivity contribution in [1.29, 1.82) is 0 Å². The molecule has 4 nitrogen and oxygen atoms in total. The zero-order valence-corrected chi connectivity index (χ0v) is 13.6. The normalized spacial score (nSPS) is 14.0. The Hall–Kier alpha value is -1.55. The molecule has 0 fully saturated rings. The Balaban J connectivity index is 2.50. The Labute approximate surface area is 128 Å². The summed E-state index contributed by atoms with van der Waals surface area (Å²) in [5, 5.41) is 3.25. The first kappa shape index (κ1) is 17.5. The molecule has 0 bridgehead atoms. The third kappa shape index (κ3) is 5.38. The van der Waals surface area contributed by atoms with E-state index in [2.05, 4.69) is 18.3 Å². The molecule has 1 aromatic carbocycles. The van der Waals surface area contributed by atoms with E-state index < -0.39 is 5.54 Å². The van der Waals surface area contributed by atoms with Gasteiger partial charge in [-0.1, -0.05) is 25.1 Å². The number of hydrogen-bond donors (Lipinski definition) is 2. The first-order valence-corrected chi connectivity index (χ1v) is 7.67. The fraction of sp³-hybridized carbons (Fsp3) is 0.588. The van der Waals surface area contributed by atoms with Crippen LogP contribution in [0.5, 0.6) is 5.75 Å². The highest BCUT2D eigenvalue weighted by Crippen LogP contribution is 2.19. The van der Waals surface area contributed by atoms with Crippen molar-refractivity contribution in [2.24, 2.45) is 5.73 Å². The van der Waals surface area contributed by atoms with Crippen LogP contribution in [-0.4, -0.2) is 24.1 Å². The Morgan fingerprint density at radius 3 is 2.62 bits per heavy atom. The van der Waals surface area contributed by atoms with E-state index in [9.17, 15) is 4.79 Å². The molecular formula is C17H28N2O2. The second kappa shape index (κ2) is 8.03. The highest BCUT2D eigenvalue weighted by Gasteiger charge is 2.30. The number of carbonyl (C=O) groups is 1. The second-order valence-electron chi connectivity index (χ2n) is 5.91. The van der Waals surface area contributed by atoms with Crippen molar-refractivity contribution in [2.75, 3.05) is 6.61 Å². The van der Waals surface area contributed by atoms with E-state index in [0.717, 1.165) is 18.6 Å². The zero-order chi connectivity index (χ0) is 15.9. The molecule has 0 spiro atoms. The SMILES string of the molecule is CCc1ccccc1OCCCC(C)(NC(C)C)C(N)=O. The summed E-state index contributed by atoms with van der Waals surface area (Å²) in [7, 11) is 0. The lowest BCUT2D eigenvalue weighted by atomic mass is 9.94. The van der Waals surface area contributed by atoms with Crippen molar-refractivity contribution in [3.05, 3.63) is 29.8 Å². The minimum atomic E-state index is -0.679. The van der Waals surface area contributed by atoms with E-state index >= 15 is 0 Å². The van der Waals surface area contributed by atoms with Crippen LogP contribution in [0.15, 0.2) is 24.3 Å². The number of para-hydroxylation sites is 1. The minimum Gasteiger partial charge on any atom is -0.493 e. The summed E-state index contributed by atoms with van der Waals surface area (Å²) in [4.78, 5) is 11.6. The third-order valence-corrected chi connectivity index (χ3v) is 3.58. The zero-order valence-electron chi connectivity index (χ0n) is 13.6. The van der Waals surface area contributed by atoms with Crippen molar-refractivity contribution in [1.82, 2.24) is 5.32 Å². The highest BCUT2D eigenvalue weighted by molar-refractivity contribution is 5.84. The molecule has 0 aliphatic rings. The number of benzene rings is 1. The van der Waals surface area contributed by atoms with Crippen molar-refractivity contribution in [3.8, 4) is 5.75 Å². The average molecular weight is 292 g/mol. The van der Waals surface area contributed by atoms with E-state index in [4.69, 9.17) is 10.5 Å². The molecule has 1 unspecified atom stereocenters. The quantitative estimate of drug-likeness (QED) is 0.688. The van der Waals surface area contributed by atoms with Gasteiger partial charge in [0.15, 0.2) is 0 Å². The molecule has 3 N–H and O–H groups in total. The molecular weight excluding hydrogens is 264 g/mol. The third-order valence-electron chi connectivity index (χ3n) is 3.58. The van der Waals surface area contributed by atoms with Crippen LogP contribution in [0.1, 0.15) is 46.1 Å². The number of aryl methyl sites for hydroxylation is 1. The van der Waals surface area contributed by atoms with Gasteiger partial charge in [0.1, 0.15) is 5.75 Å². The Bertz CT molecular complexity index is 460. The second-order valence-corrected chi connectivity index (χ2v) is 5.91. The molecule has 1 aromatic rings. The number of nitrogens with two attached hydrogens (primary N) is 1. The van der Waals surface area contributed by atoms with Gasteiger partial charge in [0.05, 0.1) is 12.1 Å². The number of amides is 1. The van der Waals surface area contributed by atoms with E-state index in [0.29, 0.717) is 13.0 Å². The molecule has 0 saturated carbocycles. The summed E-state index contributed by atoms with van der Waals surface area (Å²) in [5.41, 5.74) is 6.04. The summed E-state index contributed by atoms with van der Waals surface area (Å²) < 4.78 is 5.83. The summed E-state index contributed by atoms with van der Waals surface area (Å²) in [6, 6.07) is 8.26. The van der Waals surface area contributed by atoms with Gasteiger partial charge in [-0.15, -0.1) is 0 Å². The fourth-order valence-corrected chi connectivity index (χ4v) is 2.45. The molecule has 0 aromatic heterocycles. The number of ether oxygens (including phenoxy) is 1. The minimum absolute atomic E-state index is 0.212. The number of hydrogen-bond acceptors (Lipinski definition) is 3. The largest absolute Gasteiger partial charge is 0.493 e. The summed E-state index contributed by atoms with van der Waals surface area (Å²) in [5.74, 6) is 0.614. The molecule has 118 valence electrons. The van der Waals surface area contributed by atoms with Gasteiger partial charge in [-0.25, -0.2) is 0 Å². The molecule has 0 heterocycles. The van der Waals surface area contributed by atoms with Crippen molar-refractivity contribution in [3.63, 3.8) is 0 Å². The van der Waals surface area contributed by atoms with Crippen LogP contribution in [0, 0.1) is 0 Å². The maximum absolute atomic E-state index is 11.6. The van der Waals surface area contributed by atoms with Gasteiger partial charge in [-0.05, 0) is 51.7 Å². The number of rotatable bonds is 9. The molecule has 0 radical (unpaired) electrons. The summed E-state index contributed by atoms with van der Waals surface area (Å²) in [6.07, 6.45) is 2.39. The molecule has 1 amide bonds. The van der Waals surface area contributed by atoms with Gasteiger partial charge in [0.25, 0.3) is 0 Å². The van der Waals surface area contributed by atoms with E-state index in [1.165, 1.54) is 5.56 Å². The number of nitrogens with one attached hydrogen (secondary N) is 1. The van der Waals surface area contributed by atoms with E-state index in [-0.39, 0.29) is 11.9 Å². The fourth-order valence-electron chi connectivity index (χ4n) is 2.45. The molecule has 1 atom stereocenters. The molecule has 4 heteroatoms. The van der Waals surface area contributed by atoms with Crippen LogP contribution in [0.25, 0.3) is 0 Å². The van der Waals surface area contributed by atoms with Crippen LogP contribution in [0.4, 0.5) is 0 Å². The first-order valence-electron chi connectivity index (χ1n) is 7.67. The van der Waals surface area contributed by atoms with Gasteiger partial charge in [0, 0.05) is 6.04 Å². The molecule has 1 rings (SSSR count). The van der Waals surface area contributed by atoms with Gasteiger partial charge in [0.2, 0.25) is 5.91 Å². The van der Waals surface area contributed by atoms with Gasteiger partial charge in [-0.2, -0.15) is 0 Å². The number of primary amides is 1. The summed E-state index contributed by atoms with van der Waals surface area (Å²) in [6.45, 7) is 8.57. The lowest BCUT2D eigenvalue weighted by Crippen LogP contribution is -2.55. The predicted molar refractivity (Wildman–Crippen MR) is 86.4 cm³/mol. The lowest BCUT2D eigenvalue weighted by molar-refractivity contribution is -0.124. The van der Waals surface area contributed by atoms with Gasteiger partial charge >= 0.3 is 0 Å². The molecule has 0 saturated heterocycles. The van der Waals surface area contributed by atoms with Crippen LogP contribution >= 0.6 is 0 Å². The van der Waals surface area contributed by atoms with Crippen LogP contribution in [0.2, 0.25) is 0 Å². The number of carbonyl (C=O) groups excluding carboxylic acids is 1. The van der Waals surface area contributed by atoms with Crippen LogP contribution < -0.4 is 15.8 Å². The van der Waals surface area contributed by atoms with Gasteiger partial charge in [-0.3, -0.25) is 4.79 Å². The molecule has 0 aliphatic heterocycles. The standard InChI is InChI=1S/C17H28N2O2/c1-5-14-9-6-7-10-15(14)21-12-8-11-17(4,16(18)20)19-13(2)3/h6-7,9-10,13,19H,5,8,11-12H2,1-4H3,(H2,18,20).